The highest BCUT2D eigenvalue weighted by atomic mass is 79.9. The molecule has 1 heterocycles. The lowest BCUT2D eigenvalue weighted by molar-refractivity contribution is -0.123. The van der Waals surface area contributed by atoms with E-state index >= 15 is 0 Å². The maximum absolute atomic E-state index is 12.7. The van der Waals surface area contributed by atoms with Gasteiger partial charge in [-0.15, -0.1) is 0 Å². The molecule has 1 aliphatic heterocycles. The van der Waals surface area contributed by atoms with E-state index in [0.29, 0.717) is 12.4 Å². The number of aryl methyl sites for hydroxylation is 1. The van der Waals surface area contributed by atoms with Crippen LogP contribution in [-0.2, 0) is 11.3 Å². The van der Waals surface area contributed by atoms with Gasteiger partial charge in [-0.25, -0.2) is 4.79 Å². The second-order valence-electron chi connectivity index (χ2n) is 6.28. The molecule has 1 fully saturated rings. The number of carbonyl (C=O) groups excluding carboxylic acids is 2. The number of carbonyl (C=O) groups is 2. The fraction of sp³-hybridized carbons (Fsp3) is 0.143. The predicted octanol–water partition coefficient (Wildman–Crippen LogP) is 5.18. The highest BCUT2D eigenvalue weighted by Crippen LogP contribution is 2.35. The van der Waals surface area contributed by atoms with Crippen LogP contribution in [0.3, 0.4) is 0 Å². The third-order valence-corrected chi connectivity index (χ3v) is 5.28. The van der Waals surface area contributed by atoms with E-state index in [9.17, 15) is 9.59 Å². The molecule has 1 saturated heterocycles. The summed E-state index contributed by atoms with van der Waals surface area (Å²) >= 11 is 6.93. The Labute approximate surface area is 180 Å². The monoisotopic (exact) mass is 504 g/mol. The molecule has 0 aliphatic carbocycles. The van der Waals surface area contributed by atoms with E-state index in [0.717, 1.165) is 25.6 Å². The first-order chi connectivity index (χ1) is 13.4. The molecule has 5 nitrogen and oxygen atoms in total. The topological polar surface area (TPSA) is 58.6 Å². The van der Waals surface area contributed by atoms with E-state index in [2.05, 4.69) is 43.8 Å². The fourth-order valence-corrected chi connectivity index (χ4v) is 4.15. The first kappa shape index (κ1) is 20.4. The number of imide groups is 1. The summed E-state index contributed by atoms with van der Waals surface area (Å²) in [4.78, 5) is 26.1. The van der Waals surface area contributed by atoms with Crippen LogP contribution in [0.1, 0.15) is 16.7 Å². The van der Waals surface area contributed by atoms with Gasteiger partial charge < -0.3 is 10.1 Å². The van der Waals surface area contributed by atoms with Crippen LogP contribution in [0.2, 0.25) is 0 Å². The minimum Gasteiger partial charge on any atom is -0.487 e. The molecule has 0 atom stereocenters. The zero-order valence-corrected chi connectivity index (χ0v) is 18.3. The quantitative estimate of drug-likeness (QED) is 0.334. The van der Waals surface area contributed by atoms with Crippen molar-refractivity contribution in [3.8, 4) is 5.75 Å². The second kappa shape index (κ2) is 8.75. The molecule has 0 unspecified atom stereocenters. The number of nitrogens with one attached hydrogen (secondary N) is 1. The summed E-state index contributed by atoms with van der Waals surface area (Å²) in [7, 11) is 0. The minimum atomic E-state index is -0.430. The number of hydrogen-bond acceptors (Lipinski definition) is 3. The summed E-state index contributed by atoms with van der Waals surface area (Å²) in [6.07, 6.45) is 3.30. The van der Waals surface area contributed by atoms with Gasteiger partial charge in [-0.05, 0) is 68.1 Å². The number of urea groups is 1. The van der Waals surface area contributed by atoms with Gasteiger partial charge in [0.05, 0.1) is 15.5 Å². The van der Waals surface area contributed by atoms with Crippen molar-refractivity contribution in [1.29, 1.82) is 0 Å². The number of hydrogen-bond donors (Lipinski definition) is 1. The van der Waals surface area contributed by atoms with Gasteiger partial charge in [0.15, 0.2) is 0 Å². The Bertz CT molecular complexity index is 945. The van der Waals surface area contributed by atoms with Gasteiger partial charge in [0.25, 0.3) is 5.91 Å². The van der Waals surface area contributed by atoms with Crippen molar-refractivity contribution < 1.29 is 14.3 Å². The smallest absolute Gasteiger partial charge is 0.329 e. The number of amides is 3. The summed E-state index contributed by atoms with van der Waals surface area (Å²) in [5, 5.41) is 2.65. The maximum Gasteiger partial charge on any atom is 0.329 e. The molecule has 0 spiro atoms. The Morgan fingerprint density at radius 2 is 1.79 bits per heavy atom. The number of benzene rings is 2. The van der Waals surface area contributed by atoms with Crippen molar-refractivity contribution in [3.05, 3.63) is 80.4 Å². The number of nitrogens with zero attached hydrogens (tertiary/aromatic N) is 1. The van der Waals surface area contributed by atoms with Crippen molar-refractivity contribution in [1.82, 2.24) is 10.2 Å². The molecule has 7 heteroatoms. The lowest BCUT2D eigenvalue weighted by atomic mass is 10.1. The van der Waals surface area contributed by atoms with Crippen molar-refractivity contribution >= 4 is 49.9 Å². The third kappa shape index (κ3) is 4.54. The molecule has 2 aromatic carbocycles. The molecule has 1 N–H and O–H groups in total. The Kier molecular flexibility index (Phi) is 6.36. The largest absolute Gasteiger partial charge is 0.487 e. The average molecular weight is 506 g/mol. The van der Waals surface area contributed by atoms with Crippen LogP contribution in [0.5, 0.6) is 5.75 Å². The molecule has 3 rings (SSSR count). The van der Waals surface area contributed by atoms with Crippen LogP contribution in [0, 0.1) is 6.92 Å². The highest BCUT2D eigenvalue weighted by Gasteiger charge is 2.33. The van der Waals surface area contributed by atoms with Crippen molar-refractivity contribution in [3.63, 3.8) is 0 Å². The summed E-state index contributed by atoms with van der Waals surface area (Å²) in [6.45, 7) is 6.22. The van der Waals surface area contributed by atoms with Crippen LogP contribution in [0.15, 0.2) is 63.7 Å². The number of ether oxygens (including phenoxy) is 1. The Balaban J connectivity index is 1.81. The molecule has 28 heavy (non-hydrogen) atoms. The third-order valence-electron chi connectivity index (χ3n) is 4.10. The van der Waals surface area contributed by atoms with Crippen LogP contribution in [0.25, 0.3) is 6.08 Å². The highest BCUT2D eigenvalue weighted by molar-refractivity contribution is 9.11. The lowest BCUT2D eigenvalue weighted by Gasteiger charge is -2.12. The molecule has 1 aliphatic rings. The molecule has 3 amide bonds. The molecule has 0 bridgehead atoms. The van der Waals surface area contributed by atoms with E-state index in [-0.39, 0.29) is 18.1 Å². The molecular weight excluding hydrogens is 488 g/mol. The maximum atomic E-state index is 12.7. The van der Waals surface area contributed by atoms with E-state index in [4.69, 9.17) is 4.74 Å². The van der Waals surface area contributed by atoms with Gasteiger partial charge in [0.2, 0.25) is 0 Å². The second-order valence-corrected chi connectivity index (χ2v) is 7.99. The number of rotatable bonds is 6. The summed E-state index contributed by atoms with van der Waals surface area (Å²) < 4.78 is 7.05. The first-order valence-electron chi connectivity index (χ1n) is 8.52. The summed E-state index contributed by atoms with van der Waals surface area (Å²) in [5.41, 5.74) is 2.99. The Morgan fingerprint density at radius 3 is 2.39 bits per heavy atom. The lowest BCUT2D eigenvalue weighted by Crippen LogP contribution is -2.30. The van der Waals surface area contributed by atoms with E-state index in [1.165, 1.54) is 4.90 Å². The molecular formula is C21H18Br2N2O3. The van der Waals surface area contributed by atoms with Gasteiger partial charge in [-0.3, -0.25) is 9.69 Å². The van der Waals surface area contributed by atoms with Crippen molar-refractivity contribution in [2.75, 3.05) is 6.61 Å². The van der Waals surface area contributed by atoms with E-state index < -0.39 is 6.03 Å². The molecule has 2 aromatic rings. The standard InChI is InChI=1S/C21H18Br2N2O3/c1-3-8-28-19-16(22)9-15(10-17(19)23)11-18-20(26)25(21(27)24-18)12-14-6-4-13(2)5-7-14/h3-7,9-11H,1,8,12H2,2H3,(H,24,27)/b18-11-. The Hall–Kier alpha value is -2.38. The number of halogens is 2. The minimum absolute atomic E-state index is 0.226. The van der Waals surface area contributed by atoms with Gasteiger partial charge in [0, 0.05) is 0 Å². The van der Waals surface area contributed by atoms with E-state index in [1.807, 2.05) is 43.3 Å². The van der Waals surface area contributed by atoms with Crippen molar-refractivity contribution in [2.45, 2.75) is 13.5 Å². The predicted molar refractivity (Wildman–Crippen MR) is 116 cm³/mol. The van der Waals surface area contributed by atoms with Crippen LogP contribution < -0.4 is 10.1 Å². The van der Waals surface area contributed by atoms with Crippen LogP contribution >= 0.6 is 31.9 Å². The average Bonchev–Trinajstić information content (AvgIpc) is 2.90. The zero-order chi connectivity index (χ0) is 20.3. The SMILES string of the molecule is C=CCOc1c(Br)cc(/C=C2\NC(=O)N(Cc3ccc(C)cc3)C2=O)cc1Br. The molecule has 0 saturated carbocycles. The Morgan fingerprint density at radius 1 is 1.14 bits per heavy atom. The van der Waals surface area contributed by atoms with Gasteiger partial charge in [0.1, 0.15) is 18.1 Å². The van der Waals surface area contributed by atoms with Gasteiger partial charge >= 0.3 is 6.03 Å². The van der Waals surface area contributed by atoms with Gasteiger partial charge in [-0.1, -0.05) is 42.5 Å². The zero-order valence-electron chi connectivity index (χ0n) is 15.2. The molecule has 0 radical (unpaired) electrons. The summed E-state index contributed by atoms with van der Waals surface area (Å²) in [5.74, 6) is 0.287. The molecule has 0 aromatic heterocycles. The van der Waals surface area contributed by atoms with Crippen LogP contribution in [0.4, 0.5) is 4.79 Å². The van der Waals surface area contributed by atoms with Crippen LogP contribution in [-0.4, -0.2) is 23.4 Å². The van der Waals surface area contributed by atoms with Crippen molar-refractivity contribution in [2.24, 2.45) is 0 Å². The normalized spacial score (nSPS) is 15.1. The fourth-order valence-electron chi connectivity index (χ4n) is 2.70. The van der Waals surface area contributed by atoms with E-state index in [1.54, 1.807) is 12.2 Å². The first-order valence-corrected chi connectivity index (χ1v) is 10.1. The van der Waals surface area contributed by atoms with Gasteiger partial charge in [-0.2, -0.15) is 0 Å². The summed E-state index contributed by atoms with van der Waals surface area (Å²) in [6, 6.07) is 10.9. The molecule has 144 valence electrons.